The number of carbonyl (C=O) groups is 1. The van der Waals surface area contributed by atoms with E-state index in [1.165, 1.54) is 10.3 Å². The van der Waals surface area contributed by atoms with Crippen molar-refractivity contribution in [3.8, 4) is 11.5 Å². The Bertz CT molecular complexity index is 1010. The molecule has 1 N–H and O–H groups in total. The Hall–Kier alpha value is -3.00. The lowest BCUT2D eigenvalue weighted by Crippen LogP contribution is -2.50. The number of hydrogen-bond acceptors (Lipinski definition) is 6. The second-order valence-corrected chi connectivity index (χ2v) is 7.93. The number of para-hydroxylation sites is 1. The van der Waals surface area contributed by atoms with Gasteiger partial charge >= 0.3 is 6.03 Å². The Kier molecular flexibility index (Phi) is 5.44. The maximum Gasteiger partial charge on any atom is 0.321 e. The predicted octanol–water partition coefficient (Wildman–Crippen LogP) is 3.98. The zero-order valence-corrected chi connectivity index (χ0v) is 17.6. The fourth-order valence-electron chi connectivity index (χ4n) is 3.39. The van der Waals surface area contributed by atoms with Crippen molar-refractivity contribution in [2.75, 3.05) is 50.6 Å². The maximum absolute atomic E-state index is 12.7. The van der Waals surface area contributed by atoms with Gasteiger partial charge in [-0.2, -0.15) is 0 Å². The number of amides is 2. The number of hydrogen-bond donors (Lipinski definition) is 1. The SMILES string of the molecule is COc1cc(NC(=O)N2CCN(c3nc4c(C)cccc4s3)CC2)cc(OC)c1. The second kappa shape index (κ2) is 8.16. The van der Waals surface area contributed by atoms with Gasteiger partial charge in [-0.1, -0.05) is 23.5 Å². The van der Waals surface area contributed by atoms with Crippen LogP contribution in [0, 0.1) is 6.92 Å². The highest BCUT2D eigenvalue weighted by atomic mass is 32.1. The summed E-state index contributed by atoms with van der Waals surface area (Å²) in [5, 5.41) is 3.96. The monoisotopic (exact) mass is 412 g/mol. The van der Waals surface area contributed by atoms with Crippen LogP contribution in [-0.4, -0.2) is 56.3 Å². The van der Waals surface area contributed by atoms with Gasteiger partial charge in [-0.15, -0.1) is 0 Å². The molecule has 1 fully saturated rings. The molecule has 1 saturated heterocycles. The molecule has 0 spiro atoms. The molecule has 29 heavy (non-hydrogen) atoms. The lowest BCUT2D eigenvalue weighted by atomic mass is 10.2. The van der Waals surface area contributed by atoms with Crippen molar-refractivity contribution < 1.29 is 14.3 Å². The highest BCUT2D eigenvalue weighted by Gasteiger charge is 2.23. The summed E-state index contributed by atoms with van der Waals surface area (Å²) in [4.78, 5) is 21.6. The minimum atomic E-state index is -0.125. The molecule has 0 atom stereocenters. The molecule has 2 aromatic carbocycles. The lowest BCUT2D eigenvalue weighted by molar-refractivity contribution is 0.208. The fraction of sp³-hybridized carbons (Fsp3) is 0.333. The molecule has 2 amide bonds. The summed E-state index contributed by atoms with van der Waals surface area (Å²) in [6, 6.07) is 11.5. The molecule has 2 heterocycles. The van der Waals surface area contributed by atoms with Gasteiger partial charge in [-0.3, -0.25) is 0 Å². The van der Waals surface area contributed by atoms with Gasteiger partial charge in [0.15, 0.2) is 5.13 Å². The number of nitrogens with one attached hydrogen (secondary N) is 1. The number of thiazole rings is 1. The molecular weight excluding hydrogens is 388 g/mol. The van der Waals surface area contributed by atoms with Crippen molar-refractivity contribution >= 4 is 38.4 Å². The van der Waals surface area contributed by atoms with Crippen molar-refractivity contribution in [1.82, 2.24) is 9.88 Å². The number of anilines is 2. The first-order chi connectivity index (χ1) is 14.1. The largest absolute Gasteiger partial charge is 0.497 e. The number of methoxy groups -OCH3 is 2. The first-order valence-corrected chi connectivity index (χ1v) is 10.3. The molecular formula is C21H24N4O3S. The third-order valence-electron chi connectivity index (χ3n) is 5.05. The van der Waals surface area contributed by atoms with E-state index in [0.29, 0.717) is 30.3 Å². The summed E-state index contributed by atoms with van der Waals surface area (Å²) < 4.78 is 11.7. The number of rotatable bonds is 4. The van der Waals surface area contributed by atoms with E-state index in [1.807, 2.05) is 4.90 Å². The zero-order valence-electron chi connectivity index (χ0n) is 16.8. The van der Waals surface area contributed by atoms with Crippen LogP contribution in [0.1, 0.15) is 5.56 Å². The van der Waals surface area contributed by atoms with Crippen LogP contribution in [0.25, 0.3) is 10.2 Å². The highest BCUT2D eigenvalue weighted by molar-refractivity contribution is 7.22. The summed E-state index contributed by atoms with van der Waals surface area (Å²) >= 11 is 1.71. The van der Waals surface area contributed by atoms with Gasteiger partial charge in [0, 0.05) is 50.1 Å². The molecule has 8 heteroatoms. The molecule has 0 aliphatic carbocycles. The van der Waals surface area contributed by atoms with E-state index < -0.39 is 0 Å². The van der Waals surface area contributed by atoms with Crippen molar-refractivity contribution in [3.63, 3.8) is 0 Å². The predicted molar refractivity (Wildman–Crippen MR) is 117 cm³/mol. The molecule has 0 saturated carbocycles. The molecule has 152 valence electrons. The van der Waals surface area contributed by atoms with E-state index in [9.17, 15) is 4.79 Å². The number of piperazine rings is 1. The van der Waals surface area contributed by atoms with E-state index in [2.05, 4.69) is 35.3 Å². The number of ether oxygens (including phenoxy) is 2. The third kappa shape index (κ3) is 4.07. The Labute approximate surface area is 173 Å². The van der Waals surface area contributed by atoms with Crippen LogP contribution in [-0.2, 0) is 0 Å². The average Bonchev–Trinajstić information content (AvgIpc) is 3.19. The first-order valence-electron chi connectivity index (χ1n) is 9.47. The van der Waals surface area contributed by atoms with E-state index in [1.54, 1.807) is 43.8 Å². The van der Waals surface area contributed by atoms with Crippen molar-refractivity contribution in [2.45, 2.75) is 6.92 Å². The summed E-state index contributed by atoms with van der Waals surface area (Å²) in [6.45, 7) is 4.88. The van der Waals surface area contributed by atoms with Crippen molar-refractivity contribution in [1.29, 1.82) is 0 Å². The molecule has 0 radical (unpaired) electrons. The molecule has 0 bridgehead atoms. The zero-order chi connectivity index (χ0) is 20.4. The van der Waals surface area contributed by atoms with Crippen LogP contribution in [0.2, 0.25) is 0 Å². The number of carbonyl (C=O) groups excluding carboxylic acids is 1. The smallest absolute Gasteiger partial charge is 0.321 e. The number of urea groups is 1. The van der Waals surface area contributed by atoms with Gasteiger partial charge in [0.25, 0.3) is 0 Å². The highest BCUT2D eigenvalue weighted by Crippen LogP contribution is 2.31. The number of benzene rings is 2. The first kappa shape index (κ1) is 19.3. The minimum Gasteiger partial charge on any atom is -0.497 e. The Morgan fingerprint density at radius 3 is 2.38 bits per heavy atom. The van der Waals surface area contributed by atoms with Crippen molar-refractivity contribution in [3.05, 3.63) is 42.0 Å². The summed E-state index contributed by atoms with van der Waals surface area (Å²) in [6.07, 6.45) is 0. The van der Waals surface area contributed by atoms with Gasteiger partial charge < -0.3 is 24.6 Å². The summed E-state index contributed by atoms with van der Waals surface area (Å²) in [7, 11) is 3.17. The molecule has 4 rings (SSSR count). The van der Waals surface area contributed by atoms with E-state index in [-0.39, 0.29) is 6.03 Å². The maximum atomic E-state index is 12.7. The molecule has 3 aromatic rings. The molecule has 1 aliphatic heterocycles. The molecule has 1 aromatic heterocycles. The summed E-state index contributed by atoms with van der Waals surface area (Å²) in [5.41, 5.74) is 2.91. The number of aryl methyl sites for hydroxylation is 1. The lowest BCUT2D eigenvalue weighted by Gasteiger charge is -2.34. The van der Waals surface area contributed by atoms with Gasteiger partial charge in [0.2, 0.25) is 0 Å². The van der Waals surface area contributed by atoms with Crippen LogP contribution in [0.5, 0.6) is 11.5 Å². The standard InChI is InChI=1S/C21H24N4O3S/c1-14-5-4-6-18-19(14)23-21(29-18)25-9-7-24(8-10-25)20(26)22-15-11-16(27-2)13-17(12-15)28-3/h4-6,11-13H,7-10H2,1-3H3,(H,22,26). The van der Waals surface area contributed by atoms with Crippen LogP contribution < -0.4 is 19.7 Å². The van der Waals surface area contributed by atoms with Crippen molar-refractivity contribution in [2.24, 2.45) is 0 Å². The second-order valence-electron chi connectivity index (χ2n) is 6.92. The molecule has 1 aliphatic rings. The number of nitrogens with zero attached hydrogens (tertiary/aromatic N) is 3. The number of aromatic nitrogens is 1. The van der Waals surface area contributed by atoms with Gasteiger partial charge in [0.1, 0.15) is 11.5 Å². The Morgan fingerprint density at radius 1 is 1.07 bits per heavy atom. The Morgan fingerprint density at radius 2 is 1.76 bits per heavy atom. The van der Waals surface area contributed by atoms with Crippen LogP contribution in [0.3, 0.4) is 0 Å². The molecule has 7 nitrogen and oxygen atoms in total. The van der Waals surface area contributed by atoms with Gasteiger partial charge in [0.05, 0.1) is 24.4 Å². The minimum absolute atomic E-state index is 0.125. The van der Waals surface area contributed by atoms with Gasteiger partial charge in [-0.25, -0.2) is 9.78 Å². The topological polar surface area (TPSA) is 66.9 Å². The quantitative estimate of drug-likeness (QED) is 0.702. The molecule has 0 unspecified atom stereocenters. The van der Waals surface area contributed by atoms with E-state index in [0.717, 1.165) is 23.7 Å². The van der Waals surface area contributed by atoms with E-state index >= 15 is 0 Å². The number of fused-ring (bicyclic) bond motifs is 1. The fourth-order valence-corrected chi connectivity index (χ4v) is 4.49. The van der Waals surface area contributed by atoms with Crippen LogP contribution >= 0.6 is 11.3 Å². The third-order valence-corrected chi connectivity index (χ3v) is 6.13. The van der Waals surface area contributed by atoms with E-state index in [4.69, 9.17) is 14.5 Å². The van der Waals surface area contributed by atoms with Crippen LogP contribution in [0.4, 0.5) is 15.6 Å². The summed E-state index contributed by atoms with van der Waals surface area (Å²) in [5.74, 6) is 1.27. The van der Waals surface area contributed by atoms with Gasteiger partial charge in [-0.05, 0) is 18.6 Å². The normalized spacial score (nSPS) is 14.2. The van der Waals surface area contributed by atoms with Crippen LogP contribution in [0.15, 0.2) is 36.4 Å². The average molecular weight is 413 g/mol. The Balaban J connectivity index is 1.40.